The highest BCUT2D eigenvalue weighted by Crippen LogP contribution is 2.20. The summed E-state index contributed by atoms with van der Waals surface area (Å²) in [5.74, 6) is -0.0857. The van der Waals surface area contributed by atoms with Crippen LogP contribution in [-0.4, -0.2) is 17.9 Å². The zero-order chi connectivity index (χ0) is 14.7. The average Bonchev–Trinajstić information content (AvgIpc) is 2.46. The van der Waals surface area contributed by atoms with Crippen LogP contribution in [0.2, 0.25) is 0 Å². The van der Waals surface area contributed by atoms with Gasteiger partial charge in [0, 0.05) is 23.9 Å². The first kappa shape index (κ1) is 14.2. The molecule has 2 N–H and O–H groups in total. The van der Waals surface area contributed by atoms with Crippen LogP contribution in [0.5, 0.6) is 0 Å². The maximum atomic E-state index is 12.5. The molecule has 0 atom stereocenters. The van der Waals surface area contributed by atoms with E-state index in [1.165, 1.54) is 0 Å². The fourth-order valence-corrected chi connectivity index (χ4v) is 2.18. The minimum atomic E-state index is -0.0857. The van der Waals surface area contributed by atoms with Gasteiger partial charge in [-0.3, -0.25) is 4.79 Å². The molecular weight excluding hydrogens is 268 g/mol. The van der Waals surface area contributed by atoms with Crippen LogP contribution in [0.3, 0.4) is 0 Å². The Morgan fingerprint density at radius 2 is 1.75 bits per heavy atom. The number of hydrogen-bond acceptors (Lipinski definition) is 2. The highest BCUT2D eigenvalue weighted by molar-refractivity contribution is 7.80. The topological polar surface area (TPSA) is 46.3 Å². The quantitative estimate of drug-likeness (QED) is 0.882. The van der Waals surface area contributed by atoms with Crippen molar-refractivity contribution in [2.24, 2.45) is 5.73 Å². The molecule has 2 rings (SSSR count). The van der Waals surface area contributed by atoms with Gasteiger partial charge in [-0.1, -0.05) is 42.5 Å². The number of rotatable bonds is 3. The van der Waals surface area contributed by atoms with Crippen LogP contribution in [0, 0.1) is 6.92 Å². The van der Waals surface area contributed by atoms with E-state index in [4.69, 9.17) is 18.0 Å². The first-order valence-corrected chi connectivity index (χ1v) is 6.65. The number of hydrogen-bond donors (Lipinski definition) is 1. The SMILES string of the molecule is Cc1ccccc1N(C)C(=O)c1cccc(C(N)=S)c1. The lowest BCUT2D eigenvalue weighted by Crippen LogP contribution is -2.27. The monoisotopic (exact) mass is 284 g/mol. The van der Waals surface area contributed by atoms with Gasteiger partial charge in [0.25, 0.3) is 5.91 Å². The first-order valence-electron chi connectivity index (χ1n) is 6.24. The molecule has 1 amide bonds. The van der Waals surface area contributed by atoms with Gasteiger partial charge in [-0.25, -0.2) is 0 Å². The molecular formula is C16H16N2OS. The van der Waals surface area contributed by atoms with Gasteiger partial charge >= 0.3 is 0 Å². The van der Waals surface area contributed by atoms with E-state index in [1.54, 1.807) is 36.2 Å². The Bertz CT molecular complexity index is 667. The van der Waals surface area contributed by atoms with Crippen LogP contribution >= 0.6 is 12.2 Å². The summed E-state index contributed by atoms with van der Waals surface area (Å²) in [6.45, 7) is 1.98. The van der Waals surface area contributed by atoms with Crippen LogP contribution in [0.15, 0.2) is 48.5 Å². The summed E-state index contributed by atoms with van der Waals surface area (Å²) >= 11 is 4.94. The third kappa shape index (κ3) is 2.86. The molecule has 0 heterocycles. The van der Waals surface area contributed by atoms with Gasteiger partial charge in [0.05, 0.1) is 0 Å². The summed E-state index contributed by atoms with van der Waals surface area (Å²) in [6, 6.07) is 14.8. The zero-order valence-electron chi connectivity index (χ0n) is 11.5. The molecule has 3 nitrogen and oxygen atoms in total. The molecule has 2 aromatic rings. The standard InChI is InChI=1S/C16H16N2OS/c1-11-6-3-4-9-14(11)18(2)16(19)13-8-5-7-12(10-13)15(17)20/h3-10H,1-2H3,(H2,17,20). The van der Waals surface area contributed by atoms with E-state index in [0.29, 0.717) is 11.1 Å². The van der Waals surface area contributed by atoms with Crippen LogP contribution in [-0.2, 0) is 0 Å². The zero-order valence-corrected chi connectivity index (χ0v) is 12.3. The van der Waals surface area contributed by atoms with Gasteiger partial charge < -0.3 is 10.6 Å². The number of benzene rings is 2. The van der Waals surface area contributed by atoms with E-state index in [0.717, 1.165) is 11.3 Å². The van der Waals surface area contributed by atoms with Crippen molar-refractivity contribution in [1.82, 2.24) is 0 Å². The largest absolute Gasteiger partial charge is 0.389 e. The molecule has 0 fully saturated rings. The maximum Gasteiger partial charge on any atom is 0.258 e. The molecule has 20 heavy (non-hydrogen) atoms. The number of nitrogens with zero attached hydrogens (tertiary/aromatic N) is 1. The molecule has 2 aromatic carbocycles. The molecule has 0 aromatic heterocycles. The van der Waals surface area contributed by atoms with Crippen molar-refractivity contribution >= 4 is 28.8 Å². The van der Waals surface area contributed by atoms with Gasteiger partial charge in [-0.2, -0.15) is 0 Å². The summed E-state index contributed by atoms with van der Waals surface area (Å²) in [7, 11) is 1.76. The van der Waals surface area contributed by atoms with Crippen molar-refractivity contribution in [1.29, 1.82) is 0 Å². The number of nitrogens with two attached hydrogens (primary N) is 1. The summed E-state index contributed by atoms with van der Waals surface area (Å²) < 4.78 is 0. The van der Waals surface area contributed by atoms with Gasteiger partial charge in [0.1, 0.15) is 4.99 Å². The fourth-order valence-electron chi connectivity index (χ4n) is 2.05. The molecule has 0 aliphatic carbocycles. The minimum absolute atomic E-state index is 0.0857. The second-order valence-corrected chi connectivity index (χ2v) is 5.04. The fraction of sp³-hybridized carbons (Fsp3) is 0.125. The van der Waals surface area contributed by atoms with Crippen LogP contribution in [0.4, 0.5) is 5.69 Å². The van der Waals surface area contributed by atoms with Crippen molar-refractivity contribution in [2.75, 3.05) is 11.9 Å². The second-order valence-electron chi connectivity index (χ2n) is 4.60. The Morgan fingerprint density at radius 3 is 2.40 bits per heavy atom. The van der Waals surface area contributed by atoms with Crippen LogP contribution < -0.4 is 10.6 Å². The van der Waals surface area contributed by atoms with Gasteiger partial charge in [-0.15, -0.1) is 0 Å². The molecule has 4 heteroatoms. The smallest absolute Gasteiger partial charge is 0.258 e. The van der Waals surface area contributed by atoms with Crippen LogP contribution in [0.25, 0.3) is 0 Å². The predicted molar refractivity (Wildman–Crippen MR) is 86.2 cm³/mol. The van der Waals surface area contributed by atoms with Crippen molar-refractivity contribution in [3.8, 4) is 0 Å². The Hall–Kier alpha value is -2.20. The number of carbonyl (C=O) groups is 1. The number of anilines is 1. The lowest BCUT2D eigenvalue weighted by molar-refractivity contribution is 0.0993. The summed E-state index contributed by atoms with van der Waals surface area (Å²) in [4.78, 5) is 14.4. The Labute approximate surface area is 124 Å². The minimum Gasteiger partial charge on any atom is -0.389 e. The predicted octanol–water partition coefficient (Wildman–Crippen LogP) is 2.91. The van der Waals surface area contributed by atoms with Gasteiger partial charge in [0.15, 0.2) is 0 Å². The van der Waals surface area contributed by atoms with Gasteiger partial charge in [-0.05, 0) is 30.7 Å². The molecule has 102 valence electrons. The number of amides is 1. The number of aryl methyl sites for hydroxylation is 1. The number of carbonyl (C=O) groups excluding carboxylic acids is 1. The first-order chi connectivity index (χ1) is 9.50. The molecule has 0 aliphatic heterocycles. The third-order valence-corrected chi connectivity index (χ3v) is 3.41. The normalized spacial score (nSPS) is 10.1. The summed E-state index contributed by atoms with van der Waals surface area (Å²) in [5, 5.41) is 0. The summed E-state index contributed by atoms with van der Waals surface area (Å²) in [5.41, 5.74) is 8.81. The van der Waals surface area contributed by atoms with Crippen molar-refractivity contribution in [3.05, 3.63) is 65.2 Å². The molecule has 0 saturated heterocycles. The van der Waals surface area contributed by atoms with E-state index in [2.05, 4.69) is 0 Å². The van der Waals surface area contributed by atoms with E-state index in [-0.39, 0.29) is 10.9 Å². The molecule has 0 spiro atoms. The second kappa shape index (κ2) is 5.84. The Balaban J connectivity index is 2.34. The van der Waals surface area contributed by atoms with Crippen molar-refractivity contribution in [3.63, 3.8) is 0 Å². The molecule has 0 bridgehead atoms. The van der Waals surface area contributed by atoms with E-state index >= 15 is 0 Å². The lowest BCUT2D eigenvalue weighted by atomic mass is 10.1. The van der Waals surface area contributed by atoms with E-state index in [1.807, 2.05) is 31.2 Å². The van der Waals surface area contributed by atoms with Crippen LogP contribution in [0.1, 0.15) is 21.5 Å². The Kier molecular flexibility index (Phi) is 4.15. The molecule has 0 aliphatic rings. The molecule has 0 radical (unpaired) electrons. The maximum absolute atomic E-state index is 12.5. The van der Waals surface area contributed by atoms with Crippen molar-refractivity contribution in [2.45, 2.75) is 6.92 Å². The third-order valence-electron chi connectivity index (χ3n) is 3.18. The number of thiocarbonyl (C=S) groups is 1. The molecule has 0 saturated carbocycles. The van der Waals surface area contributed by atoms with E-state index < -0.39 is 0 Å². The number of para-hydroxylation sites is 1. The van der Waals surface area contributed by atoms with E-state index in [9.17, 15) is 4.79 Å². The lowest BCUT2D eigenvalue weighted by Gasteiger charge is -2.19. The Morgan fingerprint density at radius 1 is 1.10 bits per heavy atom. The molecule has 0 unspecified atom stereocenters. The van der Waals surface area contributed by atoms with Gasteiger partial charge in [0.2, 0.25) is 0 Å². The summed E-state index contributed by atoms with van der Waals surface area (Å²) in [6.07, 6.45) is 0. The highest BCUT2D eigenvalue weighted by Gasteiger charge is 2.15. The average molecular weight is 284 g/mol. The highest BCUT2D eigenvalue weighted by atomic mass is 32.1. The van der Waals surface area contributed by atoms with Crippen molar-refractivity contribution < 1.29 is 4.79 Å².